The zero-order chi connectivity index (χ0) is 19.8. The van der Waals surface area contributed by atoms with Crippen LogP contribution in [0.3, 0.4) is 0 Å². The number of ether oxygens (including phenoxy) is 3. The highest BCUT2D eigenvalue weighted by Gasteiger charge is 2.18. The average molecular weight is 390 g/mol. The summed E-state index contributed by atoms with van der Waals surface area (Å²) in [6.45, 7) is 1.47. The van der Waals surface area contributed by atoms with Crippen molar-refractivity contribution in [2.75, 3.05) is 19.5 Å². The van der Waals surface area contributed by atoms with E-state index in [2.05, 4.69) is 5.32 Å². The zero-order valence-electron chi connectivity index (χ0n) is 15.2. The van der Waals surface area contributed by atoms with Gasteiger partial charge < -0.3 is 19.5 Å². The van der Waals surface area contributed by atoms with E-state index < -0.39 is 18.0 Å². The Morgan fingerprint density at radius 3 is 2.48 bits per heavy atom. The maximum Gasteiger partial charge on any atom is 0.331 e. The Hall–Kier alpha value is -2.99. The Bertz CT molecular complexity index is 850. The molecule has 1 atom stereocenters. The van der Waals surface area contributed by atoms with Gasteiger partial charge in [-0.05, 0) is 37.3 Å². The molecule has 0 aliphatic heterocycles. The molecule has 2 rings (SSSR count). The van der Waals surface area contributed by atoms with Crippen LogP contribution < -0.4 is 14.8 Å². The summed E-state index contributed by atoms with van der Waals surface area (Å²) in [6, 6.07) is 12.0. The predicted octanol–water partition coefficient (Wildman–Crippen LogP) is 3.94. The van der Waals surface area contributed by atoms with Gasteiger partial charge in [0.25, 0.3) is 5.91 Å². The summed E-state index contributed by atoms with van der Waals surface area (Å²) in [5, 5.41) is 3.07. The number of halogens is 1. The van der Waals surface area contributed by atoms with E-state index in [-0.39, 0.29) is 0 Å². The number of carbonyl (C=O) groups is 2. The van der Waals surface area contributed by atoms with Crippen molar-refractivity contribution in [3.8, 4) is 11.5 Å². The van der Waals surface area contributed by atoms with Crippen LogP contribution in [0.15, 0.2) is 48.5 Å². The van der Waals surface area contributed by atoms with Gasteiger partial charge in [0.1, 0.15) is 11.5 Å². The first-order chi connectivity index (χ1) is 12.9. The van der Waals surface area contributed by atoms with Gasteiger partial charge >= 0.3 is 5.97 Å². The molecule has 0 radical (unpaired) electrons. The Balaban J connectivity index is 1.98. The van der Waals surface area contributed by atoms with Crippen LogP contribution >= 0.6 is 11.6 Å². The molecule has 27 heavy (non-hydrogen) atoms. The second-order valence-electron chi connectivity index (χ2n) is 5.49. The van der Waals surface area contributed by atoms with Crippen molar-refractivity contribution in [3.63, 3.8) is 0 Å². The number of methoxy groups -OCH3 is 2. The lowest BCUT2D eigenvalue weighted by molar-refractivity contribution is -0.148. The first kappa shape index (κ1) is 20.3. The van der Waals surface area contributed by atoms with Crippen LogP contribution in [0.25, 0.3) is 6.08 Å². The molecule has 0 saturated carbocycles. The van der Waals surface area contributed by atoms with Crippen LogP contribution in [0.1, 0.15) is 12.5 Å². The number of amides is 1. The van der Waals surface area contributed by atoms with E-state index in [1.165, 1.54) is 20.1 Å². The molecule has 7 heteroatoms. The number of benzene rings is 2. The summed E-state index contributed by atoms with van der Waals surface area (Å²) in [4.78, 5) is 24.3. The smallest absolute Gasteiger partial charge is 0.331 e. The standard InChI is InChI=1S/C20H20ClNO5/c1-13(20(24)22-16-12-15(21)9-10-18(16)26-3)27-19(23)11-8-14-6-4-5-7-17(14)25-2/h4-13H,1-3H3,(H,22,24)/b11-8+/t13-/m1/s1. The molecule has 1 amide bonds. The fraction of sp³-hybridized carbons (Fsp3) is 0.200. The first-order valence-corrected chi connectivity index (χ1v) is 8.48. The van der Waals surface area contributed by atoms with E-state index in [1.807, 2.05) is 12.1 Å². The van der Waals surface area contributed by atoms with E-state index in [0.717, 1.165) is 5.56 Å². The fourth-order valence-corrected chi connectivity index (χ4v) is 2.41. The third-order valence-corrected chi connectivity index (χ3v) is 3.85. The van der Waals surface area contributed by atoms with Crippen LogP contribution in [0.5, 0.6) is 11.5 Å². The van der Waals surface area contributed by atoms with E-state index >= 15 is 0 Å². The molecule has 0 spiro atoms. The normalized spacial score (nSPS) is 11.7. The summed E-state index contributed by atoms with van der Waals surface area (Å²) >= 11 is 5.93. The van der Waals surface area contributed by atoms with Crippen molar-refractivity contribution >= 4 is 35.2 Å². The molecule has 0 aliphatic carbocycles. The van der Waals surface area contributed by atoms with Crippen molar-refractivity contribution in [1.29, 1.82) is 0 Å². The molecule has 2 aromatic rings. The average Bonchev–Trinajstić information content (AvgIpc) is 2.66. The molecular formula is C20H20ClNO5. The molecule has 0 aromatic heterocycles. The molecule has 0 aliphatic rings. The van der Waals surface area contributed by atoms with Gasteiger partial charge in [-0.25, -0.2) is 4.79 Å². The molecule has 142 valence electrons. The molecule has 2 aromatic carbocycles. The Labute approximate surface area is 162 Å². The SMILES string of the molecule is COc1ccccc1/C=C/C(=O)O[C@H](C)C(=O)Nc1cc(Cl)ccc1OC. The minimum atomic E-state index is -1.01. The molecule has 0 saturated heterocycles. The molecule has 1 N–H and O–H groups in total. The number of esters is 1. The Morgan fingerprint density at radius 2 is 1.78 bits per heavy atom. The van der Waals surface area contributed by atoms with Crippen LogP contribution in [0, 0.1) is 0 Å². The largest absolute Gasteiger partial charge is 0.496 e. The number of rotatable bonds is 7. The van der Waals surface area contributed by atoms with Crippen LogP contribution in [0.2, 0.25) is 5.02 Å². The topological polar surface area (TPSA) is 73.9 Å². The highest BCUT2D eigenvalue weighted by Crippen LogP contribution is 2.27. The number of anilines is 1. The predicted molar refractivity (Wildman–Crippen MR) is 104 cm³/mol. The summed E-state index contributed by atoms with van der Waals surface area (Å²) in [6.07, 6.45) is 1.79. The summed E-state index contributed by atoms with van der Waals surface area (Å²) in [5.41, 5.74) is 1.11. The van der Waals surface area contributed by atoms with Gasteiger partial charge in [0.05, 0.1) is 19.9 Å². The van der Waals surface area contributed by atoms with E-state index in [0.29, 0.717) is 22.2 Å². The van der Waals surface area contributed by atoms with E-state index in [4.69, 9.17) is 25.8 Å². The van der Waals surface area contributed by atoms with E-state index in [1.54, 1.807) is 43.5 Å². The van der Waals surface area contributed by atoms with Gasteiger partial charge in [0.15, 0.2) is 6.10 Å². The van der Waals surface area contributed by atoms with Crippen LogP contribution in [-0.2, 0) is 14.3 Å². The lowest BCUT2D eigenvalue weighted by Crippen LogP contribution is -2.29. The zero-order valence-corrected chi connectivity index (χ0v) is 15.9. The molecule has 0 fully saturated rings. The second-order valence-corrected chi connectivity index (χ2v) is 5.92. The number of hydrogen-bond donors (Lipinski definition) is 1. The summed E-state index contributed by atoms with van der Waals surface area (Å²) < 4.78 is 15.5. The first-order valence-electron chi connectivity index (χ1n) is 8.10. The monoisotopic (exact) mass is 389 g/mol. The van der Waals surface area contributed by atoms with Gasteiger partial charge in [-0.15, -0.1) is 0 Å². The third-order valence-electron chi connectivity index (χ3n) is 3.62. The summed E-state index contributed by atoms with van der Waals surface area (Å²) in [7, 11) is 3.02. The van der Waals surface area contributed by atoms with Gasteiger partial charge in [-0.2, -0.15) is 0 Å². The van der Waals surface area contributed by atoms with Crippen molar-refractivity contribution in [2.45, 2.75) is 13.0 Å². The number of nitrogens with one attached hydrogen (secondary N) is 1. The molecule has 0 unspecified atom stereocenters. The Morgan fingerprint density at radius 1 is 1.07 bits per heavy atom. The quantitative estimate of drug-likeness (QED) is 0.573. The number of hydrogen-bond acceptors (Lipinski definition) is 5. The van der Waals surface area contributed by atoms with Gasteiger partial charge in [0, 0.05) is 16.7 Å². The molecule has 0 heterocycles. The lowest BCUT2D eigenvalue weighted by atomic mass is 10.2. The van der Waals surface area contributed by atoms with Crippen molar-refractivity contribution in [3.05, 3.63) is 59.1 Å². The number of para-hydroxylation sites is 1. The minimum absolute atomic E-state index is 0.391. The van der Waals surface area contributed by atoms with Crippen LogP contribution in [0.4, 0.5) is 5.69 Å². The van der Waals surface area contributed by atoms with Crippen molar-refractivity contribution < 1.29 is 23.8 Å². The maximum absolute atomic E-state index is 12.3. The van der Waals surface area contributed by atoms with Crippen molar-refractivity contribution in [2.24, 2.45) is 0 Å². The minimum Gasteiger partial charge on any atom is -0.496 e. The molecule has 6 nitrogen and oxygen atoms in total. The summed E-state index contributed by atoms with van der Waals surface area (Å²) in [5.74, 6) is -0.0843. The lowest BCUT2D eigenvalue weighted by Gasteiger charge is -2.14. The fourth-order valence-electron chi connectivity index (χ4n) is 2.24. The highest BCUT2D eigenvalue weighted by molar-refractivity contribution is 6.31. The van der Waals surface area contributed by atoms with Gasteiger partial charge in [-0.3, -0.25) is 4.79 Å². The van der Waals surface area contributed by atoms with Crippen molar-refractivity contribution in [1.82, 2.24) is 0 Å². The molecule has 0 bridgehead atoms. The maximum atomic E-state index is 12.3. The Kier molecular flexibility index (Phi) is 7.25. The van der Waals surface area contributed by atoms with Gasteiger partial charge in [-0.1, -0.05) is 29.8 Å². The third kappa shape index (κ3) is 5.76. The highest BCUT2D eigenvalue weighted by atomic mass is 35.5. The number of carbonyl (C=O) groups excluding carboxylic acids is 2. The second kappa shape index (κ2) is 9.64. The van der Waals surface area contributed by atoms with Gasteiger partial charge in [0.2, 0.25) is 0 Å². The van der Waals surface area contributed by atoms with E-state index in [9.17, 15) is 9.59 Å². The molecular weight excluding hydrogens is 370 g/mol. The van der Waals surface area contributed by atoms with Crippen LogP contribution in [-0.4, -0.2) is 32.2 Å².